The van der Waals surface area contributed by atoms with Crippen LogP contribution in [0.15, 0.2) is 42.5 Å². The van der Waals surface area contributed by atoms with Crippen molar-refractivity contribution in [2.24, 2.45) is 0 Å². The first-order chi connectivity index (χ1) is 10.6. The van der Waals surface area contributed by atoms with Gasteiger partial charge in [-0.15, -0.1) is 11.3 Å². The first kappa shape index (κ1) is 15.6. The molecule has 1 heterocycles. The lowest BCUT2D eigenvalue weighted by molar-refractivity contribution is 0.0605. The number of hydrogen-bond donors (Lipinski definition) is 0. The topological polar surface area (TPSA) is 39.2 Å². The monoisotopic (exact) mass is 439 g/mol. The van der Waals surface area contributed by atoms with Gasteiger partial charge in [0.2, 0.25) is 0 Å². The summed E-state index contributed by atoms with van der Waals surface area (Å²) < 4.78 is 4.64. The Hall–Kier alpha value is -1.24. The summed E-state index contributed by atoms with van der Waals surface area (Å²) in [6.45, 7) is 0. The van der Waals surface area contributed by atoms with Crippen molar-refractivity contribution < 1.29 is 9.53 Å². The lowest BCUT2D eigenvalue weighted by Crippen LogP contribution is -2.02. The maximum atomic E-state index is 11.9. The minimum absolute atomic E-state index is 0.195. The molecule has 0 saturated heterocycles. The maximum absolute atomic E-state index is 11.9. The van der Waals surface area contributed by atoms with Gasteiger partial charge in [0.05, 0.1) is 12.8 Å². The van der Waals surface area contributed by atoms with Gasteiger partial charge in [0.15, 0.2) is 0 Å². The fourth-order valence-electron chi connectivity index (χ4n) is 2.16. The minimum atomic E-state index is -0.372. The smallest absolute Gasteiger partial charge is 0.350 e. The van der Waals surface area contributed by atoms with Crippen molar-refractivity contribution in [3.8, 4) is 10.6 Å². The number of hydrogen-bond acceptors (Lipinski definition) is 4. The molecule has 0 unspecified atom stereocenters. The SMILES string of the molecule is COC(=O)c1sc(-c2ccc3ccccc3c2)nc1C(Br)Br. The molecule has 3 rings (SSSR count). The van der Waals surface area contributed by atoms with E-state index >= 15 is 0 Å². The highest BCUT2D eigenvalue weighted by Crippen LogP contribution is 2.38. The van der Waals surface area contributed by atoms with Gasteiger partial charge in [0, 0.05) is 5.56 Å². The summed E-state index contributed by atoms with van der Waals surface area (Å²) in [6.07, 6.45) is 0. The lowest BCUT2D eigenvalue weighted by Gasteiger charge is -2.00. The van der Waals surface area contributed by atoms with Crippen molar-refractivity contribution in [1.29, 1.82) is 0 Å². The highest BCUT2D eigenvalue weighted by atomic mass is 79.9. The molecule has 0 saturated carbocycles. The fourth-order valence-corrected chi connectivity index (χ4v) is 4.15. The molecule has 2 aromatic carbocycles. The number of ether oxygens (including phenoxy) is 1. The van der Waals surface area contributed by atoms with Gasteiger partial charge in [-0.3, -0.25) is 0 Å². The number of benzene rings is 2. The van der Waals surface area contributed by atoms with E-state index in [0.29, 0.717) is 10.6 Å². The zero-order chi connectivity index (χ0) is 15.7. The Morgan fingerprint density at radius 2 is 1.91 bits per heavy atom. The van der Waals surface area contributed by atoms with E-state index in [2.05, 4.69) is 61.1 Å². The molecule has 0 aliphatic rings. The number of esters is 1. The summed E-state index contributed by atoms with van der Waals surface area (Å²) in [5.74, 6) is -0.372. The number of rotatable bonds is 3. The third-order valence-electron chi connectivity index (χ3n) is 3.23. The summed E-state index contributed by atoms with van der Waals surface area (Å²) in [5, 5.41) is 3.12. The fraction of sp³-hybridized carbons (Fsp3) is 0.125. The first-order valence-electron chi connectivity index (χ1n) is 6.46. The molecule has 0 radical (unpaired) electrons. The Morgan fingerprint density at radius 1 is 1.18 bits per heavy atom. The van der Waals surface area contributed by atoms with Gasteiger partial charge in [-0.1, -0.05) is 68.3 Å². The van der Waals surface area contributed by atoms with Crippen LogP contribution in [0.1, 0.15) is 19.1 Å². The van der Waals surface area contributed by atoms with Crippen LogP contribution >= 0.6 is 43.2 Å². The van der Waals surface area contributed by atoms with Crippen LogP contribution in [-0.4, -0.2) is 18.1 Å². The van der Waals surface area contributed by atoms with Crippen LogP contribution in [0.4, 0.5) is 0 Å². The van der Waals surface area contributed by atoms with Gasteiger partial charge in [-0.2, -0.15) is 0 Å². The van der Waals surface area contributed by atoms with E-state index in [1.54, 1.807) is 0 Å². The van der Waals surface area contributed by atoms with Crippen LogP contribution in [0.5, 0.6) is 0 Å². The molecule has 0 aliphatic heterocycles. The second-order valence-corrected chi connectivity index (χ2v) is 8.65. The predicted octanol–water partition coefficient (Wildman–Crippen LogP) is 5.54. The molecule has 1 aromatic heterocycles. The van der Waals surface area contributed by atoms with Gasteiger partial charge in [-0.05, 0) is 16.8 Å². The molecule has 0 spiro atoms. The Balaban J connectivity index is 2.11. The first-order valence-corrected chi connectivity index (χ1v) is 9.11. The van der Waals surface area contributed by atoms with Crippen LogP contribution in [0.25, 0.3) is 21.3 Å². The molecule has 3 aromatic rings. The van der Waals surface area contributed by atoms with Crippen LogP contribution in [0.2, 0.25) is 0 Å². The van der Waals surface area contributed by atoms with Gasteiger partial charge < -0.3 is 4.74 Å². The van der Waals surface area contributed by atoms with Gasteiger partial charge >= 0.3 is 5.97 Å². The van der Waals surface area contributed by atoms with Crippen molar-refractivity contribution in [2.45, 2.75) is 3.74 Å². The zero-order valence-electron chi connectivity index (χ0n) is 11.5. The molecule has 0 aliphatic carbocycles. The van der Waals surface area contributed by atoms with Crippen LogP contribution < -0.4 is 0 Å². The van der Waals surface area contributed by atoms with E-state index in [-0.39, 0.29) is 9.71 Å². The van der Waals surface area contributed by atoms with E-state index in [1.807, 2.05) is 18.2 Å². The molecule has 0 fully saturated rings. The summed E-state index contributed by atoms with van der Waals surface area (Å²) in [4.78, 5) is 17.0. The quantitative estimate of drug-likeness (QED) is 0.396. The Labute approximate surface area is 148 Å². The molecule has 0 N–H and O–H groups in total. The second kappa shape index (κ2) is 6.48. The highest BCUT2D eigenvalue weighted by Gasteiger charge is 2.23. The number of fused-ring (bicyclic) bond motifs is 1. The average molecular weight is 441 g/mol. The van der Waals surface area contributed by atoms with Crippen molar-refractivity contribution in [3.05, 3.63) is 53.0 Å². The van der Waals surface area contributed by atoms with Gasteiger partial charge in [0.1, 0.15) is 13.6 Å². The number of methoxy groups -OCH3 is 1. The highest BCUT2D eigenvalue weighted by molar-refractivity contribution is 9.24. The number of alkyl halides is 2. The van der Waals surface area contributed by atoms with E-state index < -0.39 is 0 Å². The summed E-state index contributed by atoms with van der Waals surface area (Å²) >= 11 is 8.16. The number of nitrogens with zero attached hydrogens (tertiary/aromatic N) is 1. The number of thiazole rings is 1. The number of carbonyl (C=O) groups is 1. The standard InChI is InChI=1S/C16H11Br2NO2S/c1-21-16(20)13-12(14(17)18)19-15(22-13)11-7-6-9-4-2-3-5-10(9)8-11/h2-8,14H,1H3. The third-order valence-corrected chi connectivity index (χ3v) is 5.19. The molecule has 0 bridgehead atoms. The molecule has 22 heavy (non-hydrogen) atoms. The van der Waals surface area contributed by atoms with Crippen LogP contribution in [0, 0.1) is 0 Å². The molecular formula is C16H11Br2NO2S. The number of carbonyl (C=O) groups excluding carboxylic acids is 1. The van der Waals surface area contributed by atoms with Crippen molar-refractivity contribution >= 4 is 59.9 Å². The van der Waals surface area contributed by atoms with Crippen LogP contribution in [0.3, 0.4) is 0 Å². The van der Waals surface area contributed by atoms with Crippen LogP contribution in [-0.2, 0) is 4.74 Å². The largest absolute Gasteiger partial charge is 0.465 e. The number of halogens is 2. The molecule has 0 atom stereocenters. The van der Waals surface area contributed by atoms with Gasteiger partial charge in [0.25, 0.3) is 0 Å². The third kappa shape index (κ3) is 2.95. The Bertz CT molecular complexity index is 845. The minimum Gasteiger partial charge on any atom is -0.465 e. The molecule has 0 amide bonds. The summed E-state index contributed by atoms with van der Waals surface area (Å²) in [7, 11) is 1.37. The van der Waals surface area contributed by atoms with E-state index in [4.69, 9.17) is 4.74 Å². The van der Waals surface area contributed by atoms with E-state index in [9.17, 15) is 4.79 Å². The average Bonchev–Trinajstić information content (AvgIpc) is 2.99. The summed E-state index contributed by atoms with van der Waals surface area (Å²) in [5.41, 5.74) is 1.63. The van der Waals surface area contributed by atoms with Crippen molar-refractivity contribution in [2.75, 3.05) is 7.11 Å². The maximum Gasteiger partial charge on any atom is 0.350 e. The van der Waals surface area contributed by atoms with Gasteiger partial charge in [-0.25, -0.2) is 9.78 Å². The second-order valence-electron chi connectivity index (χ2n) is 4.59. The van der Waals surface area contributed by atoms with E-state index in [0.717, 1.165) is 16.0 Å². The normalized spacial score (nSPS) is 11.1. The Morgan fingerprint density at radius 3 is 2.59 bits per heavy atom. The lowest BCUT2D eigenvalue weighted by atomic mass is 10.1. The molecular weight excluding hydrogens is 430 g/mol. The Kier molecular flexibility index (Phi) is 4.61. The van der Waals surface area contributed by atoms with E-state index in [1.165, 1.54) is 23.8 Å². The van der Waals surface area contributed by atoms with Crippen molar-refractivity contribution in [3.63, 3.8) is 0 Å². The molecule has 112 valence electrons. The molecule has 3 nitrogen and oxygen atoms in total. The van der Waals surface area contributed by atoms with Crippen molar-refractivity contribution in [1.82, 2.24) is 4.98 Å². The number of aromatic nitrogens is 1. The summed E-state index contributed by atoms with van der Waals surface area (Å²) in [6, 6.07) is 14.3. The zero-order valence-corrected chi connectivity index (χ0v) is 15.5. The molecule has 6 heteroatoms. The predicted molar refractivity (Wildman–Crippen MR) is 97.0 cm³/mol.